The van der Waals surface area contributed by atoms with Gasteiger partial charge in [0.2, 0.25) is 0 Å². The summed E-state index contributed by atoms with van der Waals surface area (Å²) in [5.41, 5.74) is 0. The standard InChI is InChI=1S/C23H41O7P.C19H39O7P/c1-2-3-4-5-6-7-8-9-10-11-12-13-14-15-16-17-18-19-23(25)29-20-22(24)21-30-31(26,27)28;1-2-3-4-5-6-7-8-9-10-11-12-13-14-15-19(21)25-16-18(20)17-26-27(22,23)24/h6-7,9-10,12-13,15-16,22-25H,2-5,8,11,14,17-21H2,1H3,(H2,26,27,28);18,20H,2-17H2,1H3,(H2,22,23,24)/b7-6-,10-9-,13-12-,16-15-;/t22-,23?;18-/m11/s1. The lowest BCUT2D eigenvalue weighted by molar-refractivity contribution is -0.147. The van der Waals surface area contributed by atoms with Crippen LogP contribution in [0.4, 0.5) is 0 Å². The Kier molecular flexibility index (Phi) is 42.6. The van der Waals surface area contributed by atoms with Crippen LogP contribution in [0.1, 0.15) is 168 Å². The van der Waals surface area contributed by atoms with E-state index >= 15 is 0 Å². The smallest absolute Gasteiger partial charge is 0.463 e. The van der Waals surface area contributed by atoms with Gasteiger partial charge in [-0.2, -0.15) is 0 Å². The van der Waals surface area contributed by atoms with Gasteiger partial charge in [-0.15, -0.1) is 0 Å². The summed E-state index contributed by atoms with van der Waals surface area (Å²) in [5.74, 6) is -0.409. The Balaban J connectivity index is 0. The first kappa shape index (κ1) is 58.6. The molecular weight excluding hydrogens is 790 g/mol. The van der Waals surface area contributed by atoms with Crippen molar-refractivity contribution in [2.24, 2.45) is 0 Å². The van der Waals surface area contributed by atoms with Crippen molar-refractivity contribution in [1.82, 2.24) is 0 Å². The average Bonchev–Trinajstić information content (AvgIpc) is 3.17. The van der Waals surface area contributed by atoms with E-state index in [2.05, 4.69) is 71.5 Å². The van der Waals surface area contributed by atoms with Gasteiger partial charge in [0.1, 0.15) is 18.8 Å². The third kappa shape index (κ3) is 52.5. The van der Waals surface area contributed by atoms with Gasteiger partial charge in [-0.3, -0.25) is 13.8 Å². The largest absolute Gasteiger partial charge is 0.469 e. The summed E-state index contributed by atoms with van der Waals surface area (Å²) in [6, 6.07) is 0. The fourth-order valence-corrected chi connectivity index (χ4v) is 6.02. The van der Waals surface area contributed by atoms with E-state index in [4.69, 9.17) is 29.0 Å². The third-order valence-electron chi connectivity index (χ3n) is 8.55. The van der Waals surface area contributed by atoms with Crippen LogP contribution in [0.5, 0.6) is 0 Å². The summed E-state index contributed by atoms with van der Waals surface area (Å²) in [5, 5.41) is 28.5. The first-order chi connectivity index (χ1) is 27.7. The number of hydrogen-bond acceptors (Lipinski definition) is 10. The van der Waals surface area contributed by atoms with Gasteiger partial charge in [-0.1, -0.05) is 152 Å². The van der Waals surface area contributed by atoms with Crippen molar-refractivity contribution in [3.63, 3.8) is 0 Å². The highest BCUT2D eigenvalue weighted by molar-refractivity contribution is 7.46. The molecule has 14 nitrogen and oxygen atoms in total. The molecule has 0 saturated heterocycles. The molecule has 3 atom stereocenters. The lowest BCUT2D eigenvalue weighted by Gasteiger charge is -2.15. The van der Waals surface area contributed by atoms with Gasteiger partial charge in [-0.05, 0) is 57.8 Å². The first-order valence-corrected chi connectivity index (χ1v) is 24.6. The minimum absolute atomic E-state index is 0.258. The van der Waals surface area contributed by atoms with Crippen molar-refractivity contribution in [2.75, 3.05) is 26.4 Å². The summed E-state index contributed by atoms with van der Waals surface area (Å²) in [4.78, 5) is 45.6. The van der Waals surface area contributed by atoms with Crippen LogP contribution in [-0.4, -0.2) is 85.8 Å². The van der Waals surface area contributed by atoms with Crippen LogP contribution in [0.15, 0.2) is 48.6 Å². The minimum Gasteiger partial charge on any atom is -0.463 e. The quantitative estimate of drug-likeness (QED) is 0.0100. The van der Waals surface area contributed by atoms with E-state index in [0.29, 0.717) is 12.8 Å². The zero-order valence-corrected chi connectivity index (χ0v) is 37.3. The van der Waals surface area contributed by atoms with Gasteiger partial charge < -0.3 is 44.4 Å². The number of allylic oxidation sites excluding steroid dienone is 8. The lowest BCUT2D eigenvalue weighted by Crippen LogP contribution is -2.25. The van der Waals surface area contributed by atoms with Crippen LogP contribution in [0.25, 0.3) is 0 Å². The summed E-state index contributed by atoms with van der Waals surface area (Å²) in [7, 11) is -9.22. The molecule has 0 rings (SSSR count). The summed E-state index contributed by atoms with van der Waals surface area (Å²) < 4.78 is 39.2. The Hall–Kier alpha value is -1.51. The molecule has 0 saturated carbocycles. The first-order valence-electron chi connectivity index (χ1n) is 21.5. The summed E-state index contributed by atoms with van der Waals surface area (Å²) >= 11 is 0. The molecule has 0 aromatic heterocycles. The van der Waals surface area contributed by atoms with Gasteiger partial charge >= 0.3 is 21.6 Å². The highest BCUT2D eigenvalue weighted by atomic mass is 31.2. The summed E-state index contributed by atoms with van der Waals surface area (Å²) in [6.07, 6.45) is 39.9. The van der Waals surface area contributed by atoms with Crippen LogP contribution >= 0.6 is 15.6 Å². The van der Waals surface area contributed by atoms with Gasteiger partial charge in [0.05, 0.1) is 19.8 Å². The molecule has 0 amide bonds. The van der Waals surface area contributed by atoms with Crippen LogP contribution in [0.2, 0.25) is 0 Å². The summed E-state index contributed by atoms with van der Waals surface area (Å²) in [6.45, 7) is 2.75. The maximum atomic E-state index is 11.5. The van der Waals surface area contributed by atoms with E-state index in [0.717, 1.165) is 51.4 Å². The number of phosphoric acid groups is 2. The fourth-order valence-electron chi connectivity index (χ4n) is 5.29. The molecule has 0 spiro atoms. The lowest BCUT2D eigenvalue weighted by atomic mass is 10.0. The number of carbonyl (C=O) groups excluding carboxylic acids is 1. The molecule has 0 fully saturated rings. The number of aliphatic hydroxyl groups excluding tert-OH is 3. The molecule has 0 heterocycles. The Morgan fingerprint density at radius 3 is 1.33 bits per heavy atom. The molecule has 0 radical (unpaired) electrons. The second-order valence-corrected chi connectivity index (χ2v) is 16.8. The Bertz CT molecular complexity index is 1140. The molecule has 0 aliphatic carbocycles. The third-order valence-corrected chi connectivity index (χ3v) is 9.52. The van der Waals surface area contributed by atoms with Crippen molar-refractivity contribution in [1.29, 1.82) is 0 Å². The minimum atomic E-state index is -4.61. The van der Waals surface area contributed by atoms with E-state index in [1.807, 2.05) is 0 Å². The second kappa shape index (κ2) is 42.2. The molecule has 0 aliphatic heterocycles. The van der Waals surface area contributed by atoms with Crippen molar-refractivity contribution in [3.05, 3.63) is 48.6 Å². The monoisotopic (exact) mass is 871 g/mol. The Morgan fingerprint density at radius 2 is 0.879 bits per heavy atom. The molecule has 16 heteroatoms. The fraction of sp³-hybridized carbons (Fsp3) is 0.786. The van der Waals surface area contributed by atoms with Crippen LogP contribution in [0, 0.1) is 0 Å². The number of carbonyl (C=O) groups is 1. The van der Waals surface area contributed by atoms with Gasteiger partial charge in [0.25, 0.3) is 0 Å². The van der Waals surface area contributed by atoms with Crippen molar-refractivity contribution < 1.29 is 67.3 Å². The van der Waals surface area contributed by atoms with E-state index in [-0.39, 0.29) is 13.2 Å². The van der Waals surface area contributed by atoms with Gasteiger partial charge in [-0.25, -0.2) is 9.13 Å². The predicted molar refractivity (Wildman–Crippen MR) is 230 cm³/mol. The van der Waals surface area contributed by atoms with Crippen LogP contribution in [0.3, 0.4) is 0 Å². The molecule has 0 aromatic carbocycles. The van der Waals surface area contributed by atoms with Crippen molar-refractivity contribution in [2.45, 2.75) is 186 Å². The molecule has 0 aliphatic rings. The van der Waals surface area contributed by atoms with Crippen LogP contribution < -0.4 is 0 Å². The van der Waals surface area contributed by atoms with E-state index in [1.165, 1.54) is 89.9 Å². The molecule has 0 aromatic rings. The van der Waals surface area contributed by atoms with E-state index in [1.54, 1.807) is 0 Å². The Labute approximate surface area is 349 Å². The predicted octanol–water partition coefficient (Wildman–Crippen LogP) is 9.42. The van der Waals surface area contributed by atoms with Crippen LogP contribution in [-0.2, 0) is 32.4 Å². The number of esters is 1. The number of unbranched alkanes of at least 4 members (excludes halogenated alkanes) is 16. The molecule has 58 heavy (non-hydrogen) atoms. The number of ether oxygens (including phenoxy) is 2. The zero-order chi connectivity index (χ0) is 43.6. The number of aliphatic hydroxyl groups is 3. The Morgan fingerprint density at radius 1 is 0.500 bits per heavy atom. The number of rotatable bonds is 39. The average molecular weight is 871 g/mol. The van der Waals surface area contributed by atoms with Gasteiger partial charge in [0, 0.05) is 6.42 Å². The normalized spacial score (nSPS) is 14.1. The zero-order valence-electron chi connectivity index (χ0n) is 35.5. The number of hydrogen-bond donors (Lipinski definition) is 7. The van der Waals surface area contributed by atoms with Gasteiger partial charge in [0.15, 0.2) is 6.29 Å². The van der Waals surface area contributed by atoms with E-state index < -0.39 is 53.3 Å². The maximum absolute atomic E-state index is 11.5. The van der Waals surface area contributed by atoms with E-state index in [9.17, 15) is 29.2 Å². The molecule has 7 N–H and O–H groups in total. The molecular formula is C42H80O14P2. The van der Waals surface area contributed by atoms with Crippen molar-refractivity contribution >= 4 is 21.6 Å². The molecule has 342 valence electrons. The molecule has 0 bridgehead atoms. The highest BCUT2D eigenvalue weighted by Crippen LogP contribution is 2.36. The maximum Gasteiger partial charge on any atom is 0.469 e. The van der Waals surface area contributed by atoms with Crippen molar-refractivity contribution in [3.8, 4) is 0 Å². The second-order valence-electron chi connectivity index (χ2n) is 14.4. The topological polar surface area (TPSA) is 230 Å². The molecule has 1 unspecified atom stereocenters. The SMILES string of the molecule is CCCCC/C=C\C/C=C\C/C=C\C/C=C\CCCC(O)OC[C@@H](O)COP(=O)(O)O.CCCCCCCCCCCCCCCC(=O)OC[C@@H](O)COP(=O)(O)O. The number of phosphoric ester groups is 2. The highest BCUT2D eigenvalue weighted by Gasteiger charge is 2.19.